The molecule has 1 aliphatic heterocycles. The number of anilines is 1. The molecule has 37 heavy (non-hydrogen) atoms. The van der Waals surface area contributed by atoms with Gasteiger partial charge in [0.1, 0.15) is 0 Å². The lowest BCUT2D eigenvalue weighted by molar-refractivity contribution is -0.0895. The summed E-state index contributed by atoms with van der Waals surface area (Å²) in [5, 5.41) is 3.57. The van der Waals surface area contributed by atoms with Gasteiger partial charge < -0.3 is 15.1 Å². The van der Waals surface area contributed by atoms with Crippen molar-refractivity contribution in [1.29, 1.82) is 0 Å². The highest BCUT2D eigenvalue weighted by atomic mass is 35.5. The summed E-state index contributed by atoms with van der Waals surface area (Å²) in [4.78, 5) is 17.2. The zero-order valence-corrected chi connectivity index (χ0v) is 23.0. The minimum Gasteiger partial charge on any atom is -0.368 e. The number of nitrogens with zero attached hydrogens (tertiary/aromatic N) is 2. The molecule has 1 aliphatic carbocycles. The number of halogens is 4. The Morgan fingerprint density at radius 2 is 1.86 bits per heavy atom. The van der Waals surface area contributed by atoms with Crippen LogP contribution in [0.2, 0.25) is 5.02 Å². The molecule has 0 aromatic heterocycles. The fraction of sp³-hybridized carbons (Fsp3) is 0.552. The quantitative estimate of drug-likeness (QED) is 0.361. The van der Waals surface area contributed by atoms with Crippen molar-refractivity contribution in [2.24, 2.45) is 11.8 Å². The number of allylic oxidation sites excluding steroid dienone is 6. The minimum atomic E-state index is -4.30. The maximum atomic E-state index is 13.5. The standard InChI is InChI=1S/C29H39ClF3N3O/c1-20(2)18-25(10-7-9-22-8-5-6-11-26(22)29(31,32)33)36-17-16-35(19-27(36)21(3)4)28(37)34-24-14-12-23(30)13-15-24/h6,11-15,18,20-21,27H,5,7-10,16-17,19H2,1-4H3,(H,34,37)/b25-18+. The van der Waals surface area contributed by atoms with E-state index < -0.39 is 11.7 Å². The number of urea groups is 1. The molecule has 0 saturated carbocycles. The zero-order chi connectivity index (χ0) is 27.2. The number of carbonyl (C=O) groups excluding carboxylic acids is 1. The van der Waals surface area contributed by atoms with Crippen LogP contribution in [0.1, 0.15) is 59.8 Å². The minimum absolute atomic E-state index is 0.122. The number of hydrogen-bond acceptors (Lipinski definition) is 2. The fourth-order valence-corrected chi connectivity index (χ4v) is 5.24. The molecule has 0 radical (unpaired) electrons. The molecule has 1 atom stereocenters. The van der Waals surface area contributed by atoms with Gasteiger partial charge in [0.15, 0.2) is 0 Å². The Balaban J connectivity index is 1.69. The number of hydrogen-bond donors (Lipinski definition) is 1. The van der Waals surface area contributed by atoms with Crippen LogP contribution in [0.4, 0.5) is 23.7 Å². The summed E-state index contributed by atoms with van der Waals surface area (Å²) in [5.41, 5.74) is 1.92. The van der Waals surface area contributed by atoms with Crippen molar-refractivity contribution in [3.8, 4) is 0 Å². The predicted molar refractivity (Wildman–Crippen MR) is 146 cm³/mol. The van der Waals surface area contributed by atoms with Gasteiger partial charge >= 0.3 is 12.2 Å². The van der Waals surface area contributed by atoms with Gasteiger partial charge in [-0.3, -0.25) is 0 Å². The molecule has 1 saturated heterocycles. The van der Waals surface area contributed by atoms with Crippen LogP contribution in [-0.4, -0.2) is 47.7 Å². The Kier molecular flexibility index (Phi) is 10.2. The average Bonchev–Trinajstić information content (AvgIpc) is 2.84. The SMILES string of the molecule is CC(C)/C=C(\CCCC1=C(C(F)(F)F)C=CCC1)N1CCN(C(=O)Nc2ccc(Cl)cc2)CC1C(C)C. The summed E-state index contributed by atoms with van der Waals surface area (Å²) >= 11 is 5.95. The van der Waals surface area contributed by atoms with Crippen molar-refractivity contribution < 1.29 is 18.0 Å². The molecule has 1 unspecified atom stereocenters. The van der Waals surface area contributed by atoms with Crippen LogP contribution in [-0.2, 0) is 0 Å². The first kappa shape index (κ1) is 29.2. The van der Waals surface area contributed by atoms with Crippen LogP contribution in [0.15, 0.2) is 59.3 Å². The van der Waals surface area contributed by atoms with Crippen LogP contribution >= 0.6 is 11.6 Å². The van der Waals surface area contributed by atoms with Gasteiger partial charge in [-0.25, -0.2) is 4.79 Å². The molecule has 8 heteroatoms. The second-order valence-electron chi connectivity index (χ2n) is 10.6. The number of carbonyl (C=O) groups is 1. The molecular weight excluding hydrogens is 499 g/mol. The van der Waals surface area contributed by atoms with E-state index in [4.69, 9.17) is 11.6 Å². The second kappa shape index (κ2) is 12.9. The van der Waals surface area contributed by atoms with Crippen molar-refractivity contribution in [2.75, 3.05) is 25.0 Å². The highest BCUT2D eigenvalue weighted by molar-refractivity contribution is 6.30. The van der Waals surface area contributed by atoms with E-state index in [0.29, 0.717) is 73.4 Å². The van der Waals surface area contributed by atoms with Crippen molar-refractivity contribution in [2.45, 2.75) is 72.0 Å². The molecule has 0 bridgehead atoms. The number of alkyl halides is 3. The third-order valence-electron chi connectivity index (χ3n) is 6.96. The van der Waals surface area contributed by atoms with Crippen molar-refractivity contribution >= 4 is 23.3 Å². The molecule has 1 aromatic rings. The molecule has 1 aromatic carbocycles. The zero-order valence-electron chi connectivity index (χ0n) is 22.2. The van der Waals surface area contributed by atoms with E-state index in [1.807, 2.05) is 4.90 Å². The summed E-state index contributed by atoms with van der Waals surface area (Å²) in [5.74, 6) is 0.612. The summed E-state index contributed by atoms with van der Waals surface area (Å²) in [6.07, 6.45) is 3.78. The van der Waals surface area contributed by atoms with Crippen molar-refractivity contribution in [3.63, 3.8) is 0 Å². The molecule has 4 nitrogen and oxygen atoms in total. The van der Waals surface area contributed by atoms with Gasteiger partial charge in [-0.2, -0.15) is 13.2 Å². The summed E-state index contributed by atoms with van der Waals surface area (Å²) in [6, 6.07) is 7.03. The Morgan fingerprint density at radius 3 is 2.49 bits per heavy atom. The van der Waals surface area contributed by atoms with Gasteiger partial charge in [0.25, 0.3) is 0 Å². The lowest BCUT2D eigenvalue weighted by Crippen LogP contribution is -2.56. The van der Waals surface area contributed by atoms with E-state index in [1.54, 1.807) is 30.3 Å². The van der Waals surface area contributed by atoms with Gasteiger partial charge in [-0.05, 0) is 68.2 Å². The monoisotopic (exact) mass is 537 g/mol. The predicted octanol–water partition coefficient (Wildman–Crippen LogP) is 8.43. The second-order valence-corrected chi connectivity index (χ2v) is 11.0. The lowest BCUT2D eigenvalue weighted by atomic mass is 9.92. The maximum Gasteiger partial charge on any atom is 0.416 e. The third-order valence-corrected chi connectivity index (χ3v) is 7.21. The number of nitrogens with one attached hydrogen (secondary N) is 1. The Morgan fingerprint density at radius 1 is 1.16 bits per heavy atom. The van der Waals surface area contributed by atoms with E-state index in [0.717, 1.165) is 6.42 Å². The molecular formula is C29H39ClF3N3O. The molecule has 1 heterocycles. The Bertz CT molecular complexity index is 1010. The van der Waals surface area contributed by atoms with Crippen LogP contribution in [0.3, 0.4) is 0 Å². The smallest absolute Gasteiger partial charge is 0.368 e. The van der Waals surface area contributed by atoms with Gasteiger partial charge in [0, 0.05) is 42.1 Å². The first-order valence-electron chi connectivity index (χ1n) is 13.2. The average molecular weight is 538 g/mol. The summed E-state index contributed by atoms with van der Waals surface area (Å²) in [6.45, 7) is 10.4. The Hall–Kier alpha value is -2.41. The van der Waals surface area contributed by atoms with Crippen LogP contribution < -0.4 is 5.32 Å². The van der Waals surface area contributed by atoms with Gasteiger partial charge in [-0.15, -0.1) is 0 Å². The van der Waals surface area contributed by atoms with Crippen LogP contribution in [0, 0.1) is 11.8 Å². The normalized spacial score (nSPS) is 19.3. The van der Waals surface area contributed by atoms with E-state index in [-0.39, 0.29) is 12.1 Å². The van der Waals surface area contributed by atoms with E-state index >= 15 is 0 Å². The molecule has 3 rings (SSSR count). The molecule has 0 spiro atoms. The summed E-state index contributed by atoms with van der Waals surface area (Å²) in [7, 11) is 0. The van der Waals surface area contributed by atoms with E-state index in [9.17, 15) is 18.0 Å². The number of piperazine rings is 1. The lowest BCUT2D eigenvalue weighted by Gasteiger charge is -2.46. The fourth-order valence-electron chi connectivity index (χ4n) is 5.11. The van der Waals surface area contributed by atoms with E-state index in [1.165, 1.54) is 11.8 Å². The molecule has 204 valence electrons. The van der Waals surface area contributed by atoms with E-state index in [2.05, 4.69) is 44.0 Å². The molecule has 1 N–H and O–H groups in total. The largest absolute Gasteiger partial charge is 0.416 e. The number of rotatable bonds is 8. The third kappa shape index (κ3) is 8.29. The topological polar surface area (TPSA) is 35.6 Å². The maximum absolute atomic E-state index is 13.5. The van der Waals surface area contributed by atoms with Crippen LogP contribution in [0.5, 0.6) is 0 Å². The van der Waals surface area contributed by atoms with Gasteiger partial charge in [-0.1, -0.05) is 63.1 Å². The van der Waals surface area contributed by atoms with Gasteiger partial charge in [0.2, 0.25) is 0 Å². The highest BCUT2D eigenvalue weighted by Crippen LogP contribution is 2.36. The highest BCUT2D eigenvalue weighted by Gasteiger charge is 2.35. The first-order valence-corrected chi connectivity index (χ1v) is 13.6. The first-order chi connectivity index (χ1) is 17.5. The molecule has 2 amide bonds. The van der Waals surface area contributed by atoms with Crippen molar-refractivity contribution in [3.05, 3.63) is 64.4 Å². The molecule has 1 fully saturated rings. The Labute approximate surface area is 224 Å². The summed E-state index contributed by atoms with van der Waals surface area (Å²) < 4.78 is 40.4. The van der Waals surface area contributed by atoms with Crippen molar-refractivity contribution in [1.82, 2.24) is 9.80 Å². The van der Waals surface area contributed by atoms with Crippen LogP contribution in [0.25, 0.3) is 0 Å². The van der Waals surface area contributed by atoms with Gasteiger partial charge in [0.05, 0.1) is 5.57 Å². The molecule has 2 aliphatic rings. The number of amides is 2. The number of benzene rings is 1.